The van der Waals surface area contributed by atoms with E-state index < -0.39 is 17.5 Å². The molecule has 1 aromatic rings. The second-order valence-electron chi connectivity index (χ2n) is 3.98. The second kappa shape index (κ2) is 3.93. The molecule has 1 saturated heterocycles. The van der Waals surface area contributed by atoms with Gasteiger partial charge in [-0.25, -0.2) is 4.79 Å². The van der Waals surface area contributed by atoms with Crippen molar-refractivity contribution in [1.82, 2.24) is 10.6 Å². The van der Waals surface area contributed by atoms with Gasteiger partial charge in [-0.3, -0.25) is 4.79 Å². The van der Waals surface area contributed by atoms with Crippen molar-refractivity contribution in [3.05, 3.63) is 41.6 Å². The molecule has 1 atom stereocenters. The summed E-state index contributed by atoms with van der Waals surface area (Å²) in [6.45, 7) is 1.40. The number of carbonyl (C=O) groups excluding carboxylic acids is 1. The minimum atomic E-state index is -1.43. The standard InChI is InChI=1S/C12H12N2O3/c1-12(11(16)17)13-9(10(15)14-12)7-8-5-3-2-4-6-8/h2-7,13H,1H3,(H,14,15)(H,16,17). The first-order valence-corrected chi connectivity index (χ1v) is 5.12. The van der Waals surface area contributed by atoms with Gasteiger partial charge < -0.3 is 15.7 Å². The molecule has 1 aromatic carbocycles. The van der Waals surface area contributed by atoms with E-state index in [4.69, 9.17) is 5.11 Å². The number of nitrogens with one attached hydrogen (secondary N) is 2. The van der Waals surface area contributed by atoms with Crippen LogP contribution in [0.15, 0.2) is 36.0 Å². The number of carboxylic acid groups (broad SMARTS) is 1. The van der Waals surface area contributed by atoms with Crippen molar-refractivity contribution < 1.29 is 14.7 Å². The Morgan fingerprint density at radius 2 is 1.94 bits per heavy atom. The smallest absolute Gasteiger partial charge is 0.350 e. The third-order valence-corrected chi connectivity index (χ3v) is 2.53. The Balaban J connectivity index is 2.28. The van der Waals surface area contributed by atoms with Gasteiger partial charge in [0.25, 0.3) is 5.91 Å². The fourth-order valence-corrected chi connectivity index (χ4v) is 1.58. The molecule has 1 fully saturated rings. The minimum Gasteiger partial charge on any atom is -0.478 e. The predicted molar refractivity (Wildman–Crippen MR) is 61.7 cm³/mol. The van der Waals surface area contributed by atoms with Gasteiger partial charge in [-0.05, 0) is 18.6 Å². The van der Waals surface area contributed by atoms with E-state index in [1.54, 1.807) is 6.08 Å². The zero-order valence-corrected chi connectivity index (χ0v) is 9.23. The number of amides is 1. The number of hydrogen-bond donors (Lipinski definition) is 3. The van der Waals surface area contributed by atoms with Crippen LogP contribution in [0.5, 0.6) is 0 Å². The summed E-state index contributed by atoms with van der Waals surface area (Å²) in [6.07, 6.45) is 1.61. The molecule has 3 N–H and O–H groups in total. The molecule has 1 heterocycles. The molecule has 17 heavy (non-hydrogen) atoms. The van der Waals surface area contributed by atoms with Gasteiger partial charge in [-0.2, -0.15) is 0 Å². The lowest BCUT2D eigenvalue weighted by Crippen LogP contribution is -2.53. The predicted octanol–water partition coefficient (Wildman–Crippen LogP) is 0.548. The summed E-state index contributed by atoms with van der Waals surface area (Å²) in [5, 5.41) is 14.0. The number of hydrogen-bond acceptors (Lipinski definition) is 3. The van der Waals surface area contributed by atoms with Crippen LogP contribution in [0.1, 0.15) is 12.5 Å². The van der Waals surface area contributed by atoms with E-state index in [0.717, 1.165) is 5.56 Å². The molecule has 0 radical (unpaired) electrons. The summed E-state index contributed by atoms with van der Waals surface area (Å²) in [7, 11) is 0. The second-order valence-corrected chi connectivity index (χ2v) is 3.98. The highest BCUT2D eigenvalue weighted by molar-refractivity contribution is 6.04. The highest BCUT2D eigenvalue weighted by Gasteiger charge is 2.42. The van der Waals surface area contributed by atoms with Gasteiger partial charge in [-0.15, -0.1) is 0 Å². The molecule has 0 aromatic heterocycles. The molecule has 2 rings (SSSR count). The lowest BCUT2D eigenvalue weighted by atomic mass is 10.2. The van der Waals surface area contributed by atoms with Gasteiger partial charge in [0.15, 0.2) is 0 Å². The zero-order chi connectivity index (χ0) is 12.5. The Hall–Kier alpha value is -2.30. The molecule has 88 valence electrons. The number of rotatable bonds is 2. The van der Waals surface area contributed by atoms with Crippen molar-refractivity contribution >= 4 is 18.0 Å². The molecule has 5 nitrogen and oxygen atoms in total. The van der Waals surface area contributed by atoms with Crippen LogP contribution >= 0.6 is 0 Å². The van der Waals surface area contributed by atoms with Crippen LogP contribution in [0.2, 0.25) is 0 Å². The van der Waals surface area contributed by atoms with Crippen LogP contribution in [-0.4, -0.2) is 22.6 Å². The summed E-state index contributed by atoms with van der Waals surface area (Å²) in [6, 6.07) is 9.22. The SMILES string of the molecule is CC1(C(=O)O)NC(=O)C(=Cc2ccccc2)N1. The van der Waals surface area contributed by atoms with Crippen LogP contribution in [0.3, 0.4) is 0 Å². The van der Waals surface area contributed by atoms with Gasteiger partial charge in [0, 0.05) is 0 Å². The minimum absolute atomic E-state index is 0.251. The number of aliphatic carboxylic acids is 1. The first-order chi connectivity index (χ1) is 8.01. The van der Waals surface area contributed by atoms with Gasteiger partial charge in [-0.1, -0.05) is 30.3 Å². The van der Waals surface area contributed by atoms with Crippen LogP contribution < -0.4 is 10.6 Å². The molecule has 1 aliphatic heterocycles. The average molecular weight is 232 g/mol. The van der Waals surface area contributed by atoms with Gasteiger partial charge >= 0.3 is 5.97 Å². The lowest BCUT2D eigenvalue weighted by Gasteiger charge is -2.17. The van der Waals surface area contributed by atoms with E-state index in [2.05, 4.69) is 10.6 Å². The fourth-order valence-electron chi connectivity index (χ4n) is 1.58. The lowest BCUT2D eigenvalue weighted by molar-refractivity contribution is -0.145. The number of carboxylic acids is 1. The number of benzene rings is 1. The van der Waals surface area contributed by atoms with E-state index in [1.165, 1.54) is 6.92 Å². The normalized spacial score (nSPS) is 25.5. The van der Waals surface area contributed by atoms with E-state index in [-0.39, 0.29) is 5.70 Å². The highest BCUT2D eigenvalue weighted by atomic mass is 16.4. The van der Waals surface area contributed by atoms with Crippen molar-refractivity contribution in [2.24, 2.45) is 0 Å². The monoisotopic (exact) mass is 232 g/mol. The maximum atomic E-state index is 11.6. The van der Waals surface area contributed by atoms with Crippen LogP contribution in [0.25, 0.3) is 6.08 Å². The van der Waals surface area contributed by atoms with Crippen molar-refractivity contribution in [3.8, 4) is 0 Å². The molecule has 0 aliphatic carbocycles. The van der Waals surface area contributed by atoms with Crippen molar-refractivity contribution in [2.75, 3.05) is 0 Å². The summed E-state index contributed by atoms with van der Waals surface area (Å²) < 4.78 is 0. The molecular weight excluding hydrogens is 220 g/mol. The van der Waals surface area contributed by atoms with E-state index in [1.807, 2.05) is 30.3 Å². The molecular formula is C12H12N2O3. The van der Waals surface area contributed by atoms with E-state index >= 15 is 0 Å². The summed E-state index contributed by atoms with van der Waals surface area (Å²) in [5.41, 5.74) is -0.349. The maximum absolute atomic E-state index is 11.6. The van der Waals surface area contributed by atoms with Crippen LogP contribution in [0.4, 0.5) is 0 Å². The summed E-state index contributed by atoms with van der Waals surface area (Å²) >= 11 is 0. The molecule has 1 amide bonds. The Morgan fingerprint density at radius 1 is 1.29 bits per heavy atom. The number of carbonyl (C=O) groups is 2. The fraction of sp³-hybridized carbons (Fsp3) is 0.167. The summed E-state index contributed by atoms with van der Waals surface area (Å²) in [5.74, 6) is -1.54. The molecule has 5 heteroatoms. The third-order valence-electron chi connectivity index (χ3n) is 2.53. The zero-order valence-electron chi connectivity index (χ0n) is 9.23. The van der Waals surface area contributed by atoms with Crippen LogP contribution in [-0.2, 0) is 9.59 Å². The summed E-state index contributed by atoms with van der Waals surface area (Å²) in [4.78, 5) is 22.6. The van der Waals surface area contributed by atoms with Gasteiger partial charge in [0.1, 0.15) is 5.70 Å². The van der Waals surface area contributed by atoms with Crippen molar-refractivity contribution in [2.45, 2.75) is 12.6 Å². The Bertz CT molecular complexity index is 496. The quantitative estimate of drug-likeness (QED) is 0.650. The average Bonchev–Trinajstić information content (AvgIpc) is 2.57. The van der Waals surface area contributed by atoms with Gasteiger partial charge in [0.05, 0.1) is 0 Å². The first-order valence-electron chi connectivity index (χ1n) is 5.12. The molecule has 1 aliphatic rings. The molecule has 0 spiro atoms. The Morgan fingerprint density at radius 3 is 2.47 bits per heavy atom. The van der Waals surface area contributed by atoms with E-state index in [9.17, 15) is 9.59 Å². The third kappa shape index (κ3) is 2.13. The van der Waals surface area contributed by atoms with Crippen LogP contribution in [0, 0.1) is 0 Å². The van der Waals surface area contributed by atoms with Crippen molar-refractivity contribution in [3.63, 3.8) is 0 Å². The molecule has 0 saturated carbocycles. The topological polar surface area (TPSA) is 78.4 Å². The highest BCUT2D eigenvalue weighted by Crippen LogP contribution is 2.15. The van der Waals surface area contributed by atoms with Crippen molar-refractivity contribution in [1.29, 1.82) is 0 Å². The maximum Gasteiger partial charge on any atom is 0.350 e. The molecule has 0 bridgehead atoms. The van der Waals surface area contributed by atoms with Gasteiger partial charge in [0.2, 0.25) is 5.66 Å². The first kappa shape index (κ1) is 11.2. The Labute approximate surface area is 98.1 Å². The largest absolute Gasteiger partial charge is 0.478 e. The Kier molecular flexibility index (Phi) is 2.59. The van der Waals surface area contributed by atoms with E-state index in [0.29, 0.717) is 0 Å². The molecule has 1 unspecified atom stereocenters.